The van der Waals surface area contributed by atoms with E-state index >= 15 is 0 Å². The van der Waals surface area contributed by atoms with Crippen LogP contribution in [0.2, 0.25) is 0 Å². The maximum absolute atomic E-state index is 13.2. The summed E-state index contributed by atoms with van der Waals surface area (Å²) in [6.07, 6.45) is -0.602. The van der Waals surface area contributed by atoms with Gasteiger partial charge in [-0.3, -0.25) is 9.00 Å². The molecule has 1 amide bonds. The van der Waals surface area contributed by atoms with Crippen LogP contribution in [0.4, 0.5) is 0 Å². The fraction of sp³-hybridized carbons (Fsp3) is 0.333. The largest absolute Gasteiger partial charge is 0.451 e. The Hall–Kier alpha value is -1.99. The van der Waals surface area contributed by atoms with Gasteiger partial charge in [-0.2, -0.15) is 0 Å². The van der Waals surface area contributed by atoms with Crippen molar-refractivity contribution in [2.75, 3.05) is 0 Å². The zero-order valence-electron chi connectivity index (χ0n) is 15.4. The minimum Gasteiger partial charge on any atom is -0.451 e. The van der Waals surface area contributed by atoms with E-state index < -0.39 is 43.9 Å². The lowest BCUT2D eigenvalue weighted by Crippen LogP contribution is -2.64. The second kappa shape index (κ2) is 7.12. The maximum Gasteiger partial charge on any atom is 0.331 e. The van der Waals surface area contributed by atoms with Gasteiger partial charge in [-0.25, -0.2) is 4.79 Å². The van der Waals surface area contributed by atoms with Gasteiger partial charge in [-0.1, -0.05) is 76.6 Å². The number of benzene rings is 2. The van der Waals surface area contributed by atoms with E-state index in [1.54, 1.807) is 13.8 Å². The molecule has 4 rings (SSSR count). The number of carbonyl (C=O) groups is 2. The molecule has 5 nitrogen and oxygen atoms in total. The number of nitrogens with zero attached hydrogens (tertiary/aromatic N) is 1. The predicted molar refractivity (Wildman–Crippen MR) is 110 cm³/mol. The molecule has 28 heavy (non-hydrogen) atoms. The van der Waals surface area contributed by atoms with Crippen molar-refractivity contribution in [3.8, 4) is 0 Å². The molecular weight excluding hydrogens is 442 g/mol. The lowest BCUT2D eigenvalue weighted by atomic mass is 9.97. The predicted octanol–water partition coefficient (Wildman–Crippen LogP) is 3.16. The Labute approximate surface area is 174 Å². The summed E-state index contributed by atoms with van der Waals surface area (Å²) >= 11 is 3.29. The number of esters is 1. The molecule has 2 saturated heterocycles. The van der Waals surface area contributed by atoms with Crippen molar-refractivity contribution in [2.24, 2.45) is 0 Å². The van der Waals surface area contributed by atoms with Crippen LogP contribution in [0.15, 0.2) is 60.7 Å². The highest BCUT2D eigenvalue weighted by Gasteiger charge is 2.67. The first kappa shape index (κ1) is 19.3. The van der Waals surface area contributed by atoms with Crippen molar-refractivity contribution in [2.45, 2.75) is 40.9 Å². The maximum atomic E-state index is 13.2. The van der Waals surface area contributed by atoms with Crippen LogP contribution in [0.25, 0.3) is 0 Å². The third-order valence-electron chi connectivity index (χ3n) is 5.35. The van der Waals surface area contributed by atoms with E-state index in [1.165, 1.54) is 4.90 Å². The van der Waals surface area contributed by atoms with E-state index in [2.05, 4.69) is 15.9 Å². The first-order valence-corrected chi connectivity index (χ1v) is 11.1. The lowest BCUT2D eigenvalue weighted by molar-refractivity contribution is -0.163. The average Bonchev–Trinajstić information content (AvgIpc) is 2.91. The van der Waals surface area contributed by atoms with E-state index in [0.717, 1.165) is 11.1 Å². The lowest BCUT2D eigenvalue weighted by Gasteiger charge is -2.40. The SMILES string of the molecule is CC1(C)C(C(=O)OC(c2ccccc2)c2ccccc2)N2C(=O)C(Br)C2S1=O. The summed E-state index contributed by atoms with van der Waals surface area (Å²) in [5.41, 5.74) is 1.67. The molecule has 146 valence electrons. The number of hydrogen-bond acceptors (Lipinski definition) is 4. The van der Waals surface area contributed by atoms with Gasteiger partial charge in [-0.05, 0) is 25.0 Å². The summed E-state index contributed by atoms with van der Waals surface area (Å²) in [7, 11) is -1.37. The van der Waals surface area contributed by atoms with Crippen molar-refractivity contribution in [1.82, 2.24) is 4.90 Å². The van der Waals surface area contributed by atoms with Gasteiger partial charge < -0.3 is 9.64 Å². The molecule has 4 unspecified atom stereocenters. The van der Waals surface area contributed by atoms with E-state index in [9.17, 15) is 13.8 Å². The molecule has 4 atom stereocenters. The molecule has 2 heterocycles. The van der Waals surface area contributed by atoms with E-state index in [0.29, 0.717) is 0 Å². The first-order chi connectivity index (χ1) is 13.3. The molecule has 0 radical (unpaired) electrons. The molecule has 0 bridgehead atoms. The minimum atomic E-state index is -1.37. The monoisotopic (exact) mass is 461 g/mol. The van der Waals surface area contributed by atoms with Crippen LogP contribution >= 0.6 is 15.9 Å². The highest BCUT2D eigenvalue weighted by atomic mass is 79.9. The zero-order valence-corrected chi connectivity index (χ0v) is 17.9. The van der Waals surface area contributed by atoms with Gasteiger partial charge in [0.1, 0.15) is 16.2 Å². The molecule has 2 fully saturated rings. The van der Waals surface area contributed by atoms with Crippen LogP contribution in [0.5, 0.6) is 0 Å². The topological polar surface area (TPSA) is 63.7 Å². The summed E-state index contributed by atoms with van der Waals surface area (Å²) in [6.45, 7) is 3.50. The number of alkyl halides is 1. The van der Waals surface area contributed by atoms with Crippen LogP contribution in [-0.2, 0) is 25.1 Å². The van der Waals surface area contributed by atoms with Crippen LogP contribution in [-0.4, -0.2) is 42.0 Å². The molecule has 2 aliphatic rings. The fourth-order valence-corrected chi connectivity index (χ4v) is 6.75. The van der Waals surface area contributed by atoms with Gasteiger partial charge in [0.15, 0.2) is 6.10 Å². The molecular formula is C21H20BrNO4S. The summed E-state index contributed by atoms with van der Waals surface area (Å²) in [4.78, 5) is 26.5. The summed E-state index contributed by atoms with van der Waals surface area (Å²) < 4.78 is 17.9. The van der Waals surface area contributed by atoms with Crippen molar-refractivity contribution in [3.63, 3.8) is 0 Å². The van der Waals surface area contributed by atoms with Crippen molar-refractivity contribution >= 4 is 38.6 Å². The molecule has 7 heteroatoms. The number of hydrogen-bond donors (Lipinski definition) is 0. The number of ether oxygens (including phenoxy) is 1. The van der Waals surface area contributed by atoms with Gasteiger partial charge in [0, 0.05) is 0 Å². The standard InChI is InChI=1S/C21H20BrNO4S/c1-21(2)17(23-18(24)15(22)19(23)28(21)26)20(25)27-16(13-9-5-3-6-10-13)14-11-7-4-8-12-14/h3-12,15-17,19H,1-2H3. The Morgan fingerprint density at radius 1 is 1.07 bits per heavy atom. The Bertz CT molecular complexity index is 894. The summed E-state index contributed by atoms with van der Waals surface area (Å²) in [5, 5.41) is -0.494. The molecule has 0 saturated carbocycles. The van der Waals surface area contributed by atoms with Gasteiger partial charge in [0.25, 0.3) is 0 Å². The Morgan fingerprint density at radius 2 is 1.57 bits per heavy atom. The number of rotatable bonds is 4. The highest BCUT2D eigenvalue weighted by Crippen LogP contribution is 2.46. The van der Waals surface area contributed by atoms with Crippen LogP contribution in [0.1, 0.15) is 31.1 Å². The second-order valence-corrected chi connectivity index (χ2v) is 10.6. The number of carbonyl (C=O) groups excluding carboxylic acids is 2. The van der Waals surface area contributed by atoms with E-state index in [4.69, 9.17) is 4.74 Å². The van der Waals surface area contributed by atoms with Gasteiger partial charge in [0.2, 0.25) is 5.91 Å². The normalized spacial score (nSPS) is 28.0. The molecule has 2 aromatic rings. The number of halogens is 1. The smallest absolute Gasteiger partial charge is 0.331 e. The van der Waals surface area contributed by atoms with Crippen LogP contribution in [0, 0.1) is 0 Å². The fourth-order valence-electron chi connectivity index (χ4n) is 3.85. The molecule has 0 aliphatic carbocycles. The molecule has 0 aromatic heterocycles. The van der Waals surface area contributed by atoms with Crippen molar-refractivity contribution < 1.29 is 18.5 Å². The molecule has 0 N–H and O–H groups in total. The van der Waals surface area contributed by atoms with E-state index in [1.807, 2.05) is 60.7 Å². The summed E-state index contributed by atoms with van der Waals surface area (Å²) in [6, 6.07) is 18.1. The molecule has 2 aromatic carbocycles. The Balaban J connectivity index is 1.67. The highest BCUT2D eigenvalue weighted by molar-refractivity contribution is 9.10. The second-order valence-electron chi connectivity index (χ2n) is 7.48. The minimum absolute atomic E-state index is 0.221. The third kappa shape index (κ3) is 2.92. The molecule has 0 spiro atoms. The van der Waals surface area contributed by atoms with Gasteiger partial charge in [-0.15, -0.1) is 0 Å². The average molecular weight is 462 g/mol. The van der Waals surface area contributed by atoms with Gasteiger partial charge in [0.05, 0.1) is 15.5 Å². The number of β-lactam (4-membered cyclic amide) rings is 1. The van der Waals surface area contributed by atoms with Crippen molar-refractivity contribution in [1.29, 1.82) is 0 Å². The van der Waals surface area contributed by atoms with Crippen molar-refractivity contribution in [3.05, 3.63) is 71.8 Å². The Kier molecular flexibility index (Phi) is 4.91. The first-order valence-electron chi connectivity index (χ1n) is 9.01. The molecule has 2 aliphatic heterocycles. The Morgan fingerprint density at radius 3 is 2.07 bits per heavy atom. The summed E-state index contributed by atoms with van der Waals surface area (Å²) in [5.74, 6) is -0.756. The van der Waals surface area contributed by atoms with Gasteiger partial charge >= 0.3 is 5.97 Å². The van der Waals surface area contributed by atoms with Crippen LogP contribution in [0.3, 0.4) is 0 Å². The number of amides is 1. The zero-order chi connectivity index (χ0) is 20.1. The number of fused-ring (bicyclic) bond motifs is 1. The van der Waals surface area contributed by atoms with Crippen LogP contribution < -0.4 is 0 Å². The quantitative estimate of drug-likeness (QED) is 0.398. The third-order valence-corrected chi connectivity index (χ3v) is 8.79. The van der Waals surface area contributed by atoms with E-state index in [-0.39, 0.29) is 5.91 Å².